The molecule has 0 saturated carbocycles. The van der Waals surface area contributed by atoms with Crippen molar-refractivity contribution < 1.29 is 24.1 Å². The predicted molar refractivity (Wildman–Crippen MR) is 127 cm³/mol. The SMILES string of the molecule is Cc1nc(CO)c(Br)c(-c2ccc3c(c2)CCCO3)c1[C@H](OC(C)(C)C)C(=O)OC(C)C. The molecule has 2 heterocycles. The Bertz CT molecular complexity index is 997. The topological polar surface area (TPSA) is 77.9 Å². The number of carbonyl (C=O) groups is 1. The minimum absolute atomic E-state index is 0.232. The van der Waals surface area contributed by atoms with Gasteiger partial charge >= 0.3 is 5.97 Å². The molecule has 0 fully saturated rings. The third-order valence-electron chi connectivity index (χ3n) is 5.08. The Morgan fingerprint density at radius 2 is 2.03 bits per heavy atom. The molecular weight excluding hydrogens is 474 g/mol. The van der Waals surface area contributed by atoms with Gasteiger partial charge in [-0.2, -0.15) is 0 Å². The third kappa shape index (κ3) is 5.50. The summed E-state index contributed by atoms with van der Waals surface area (Å²) in [7, 11) is 0. The van der Waals surface area contributed by atoms with Crippen LogP contribution in [0.3, 0.4) is 0 Å². The number of aliphatic hydroxyl groups excluding tert-OH is 1. The highest BCUT2D eigenvalue weighted by atomic mass is 79.9. The Labute approximate surface area is 198 Å². The van der Waals surface area contributed by atoms with Gasteiger partial charge in [0, 0.05) is 21.3 Å². The molecule has 0 spiro atoms. The van der Waals surface area contributed by atoms with Gasteiger partial charge in [0.1, 0.15) is 5.75 Å². The molecule has 0 aliphatic carbocycles. The minimum atomic E-state index is -0.976. The molecule has 0 bridgehead atoms. The number of carbonyl (C=O) groups excluding carboxylic acids is 1. The van der Waals surface area contributed by atoms with Crippen molar-refractivity contribution in [2.24, 2.45) is 0 Å². The first kappa shape index (κ1) is 24.7. The van der Waals surface area contributed by atoms with E-state index in [2.05, 4.69) is 27.0 Å². The van der Waals surface area contributed by atoms with Crippen LogP contribution in [0.2, 0.25) is 0 Å². The van der Waals surface area contributed by atoms with E-state index in [4.69, 9.17) is 14.2 Å². The summed E-state index contributed by atoms with van der Waals surface area (Å²) >= 11 is 3.65. The Morgan fingerprint density at radius 1 is 1.31 bits per heavy atom. The van der Waals surface area contributed by atoms with Gasteiger partial charge in [0.2, 0.25) is 0 Å². The number of benzene rings is 1. The van der Waals surface area contributed by atoms with Gasteiger partial charge in [-0.25, -0.2) is 4.79 Å². The van der Waals surface area contributed by atoms with Crippen molar-refractivity contribution in [1.82, 2.24) is 4.98 Å². The van der Waals surface area contributed by atoms with Crippen molar-refractivity contribution in [1.29, 1.82) is 0 Å². The number of aromatic nitrogens is 1. The molecule has 1 aliphatic heterocycles. The highest BCUT2D eigenvalue weighted by molar-refractivity contribution is 9.10. The Kier molecular flexibility index (Phi) is 7.63. The van der Waals surface area contributed by atoms with Crippen molar-refractivity contribution >= 4 is 21.9 Å². The molecule has 174 valence electrons. The van der Waals surface area contributed by atoms with Crippen LogP contribution in [-0.4, -0.2) is 34.4 Å². The molecular formula is C25H32BrNO5. The maximum absolute atomic E-state index is 13.2. The summed E-state index contributed by atoms with van der Waals surface area (Å²) in [4.78, 5) is 17.8. The second-order valence-electron chi connectivity index (χ2n) is 9.28. The van der Waals surface area contributed by atoms with E-state index in [1.165, 1.54) is 0 Å². The van der Waals surface area contributed by atoms with Gasteiger partial charge in [-0.1, -0.05) is 6.07 Å². The van der Waals surface area contributed by atoms with Gasteiger partial charge in [0.15, 0.2) is 6.10 Å². The smallest absolute Gasteiger partial charge is 0.340 e. The lowest BCUT2D eigenvalue weighted by atomic mass is 9.91. The van der Waals surface area contributed by atoms with Crippen molar-refractivity contribution in [3.8, 4) is 16.9 Å². The van der Waals surface area contributed by atoms with Crippen LogP contribution in [0.15, 0.2) is 22.7 Å². The molecule has 0 saturated heterocycles. The summed E-state index contributed by atoms with van der Waals surface area (Å²) in [5.74, 6) is 0.415. The first-order valence-electron chi connectivity index (χ1n) is 11.0. The zero-order chi connectivity index (χ0) is 23.6. The van der Waals surface area contributed by atoms with Crippen molar-refractivity contribution in [3.63, 3.8) is 0 Å². The number of aliphatic hydroxyl groups is 1. The van der Waals surface area contributed by atoms with E-state index >= 15 is 0 Å². The number of rotatable bonds is 6. The molecule has 2 aromatic rings. The molecule has 1 N–H and O–H groups in total. The second kappa shape index (κ2) is 9.89. The monoisotopic (exact) mass is 505 g/mol. The largest absolute Gasteiger partial charge is 0.493 e. The predicted octanol–water partition coefficient (Wildman–Crippen LogP) is 5.44. The molecule has 6 nitrogen and oxygen atoms in total. The average Bonchev–Trinajstić information content (AvgIpc) is 2.71. The second-order valence-corrected chi connectivity index (χ2v) is 10.1. The van der Waals surface area contributed by atoms with Gasteiger partial charge in [0.25, 0.3) is 0 Å². The lowest BCUT2D eigenvalue weighted by Gasteiger charge is -2.30. The minimum Gasteiger partial charge on any atom is -0.493 e. The third-order valence-corrected chi connectivity index (χ3v) is 5.94. The number of hydrogen-bond donors (Lipinski definition) is 1. The fourth-order valence-corrected chi connectivity index (χ4v) is 4.51. The van der Waals surface area contributed by atoms with E-state index in [1.54, 1.807) is 0 Å². The standard InChI is InChI=1S/C25H32BrNO5/c1-14(2)31-24(29)23(32-25(4,5)6)20-15(3)27-18(13-28)22(26)21(20)17-9-10-19-16(12-17)8-7-11-30-19/h9-10,12,14,23,28H,7-8,11,13H2,1-6H3/t23-/m0/s1. The lowest BCUT2D eigenvalue weighted by Crippen LogP contribution is -2.31. The van der Waals surface area contributed by atoms with Crippen LogP contribution in [0, 0.1) is 6.92 Å². The van der Waals surface area contributed by atoms with Gasteiger partial charge < -0.3 is 19.3 Å². The number of esters is 1. The Balaban J connectivity index is 2.26. The summed E-state index contributed by atoms with van der Waals surface area (Å²) in [5.41, 5.74) is 3.92. The fourth-order valence-electron chi connectivity index (χ4n) is 3.85. The molecule has 32 heavy (non-hydrogen) atoms. The van der Waals surface area contributed by atoms with Gasteiger partial charge in [-0.15, -0.1) is 0 Å². The molecule has 1 aliphatic rings. The average molecular weight is 506 g/mol. The molecule has 1 aromatic heterocycles. The maximum atomic E-state index is 13.2. The van der Waals surface area contributed by atoms with Crippen molar-refractivity contribution in [2.75, 3.05) is 6.61 Å². The van der Waals surface area contributed by atoms with Gasteiger partial charge in [-0.05, 0) is 93.6 Å². The fraction of sp³-hybridized carbons (Fsp3) is 0.520. The number of hydrogen-bond acceptors (Lipinski definition) is 6. The first-order valence-corrected chi connectivity index (χ1v) is 11.7. The van der Waals surface area contributed by atoms with Crippen LogP contribution in [0.25, 0.3) is 11.1 Å². The van der Waals surface area contributed by atoms with Crippen LogP contribution in [-0.2, 0) is 27.3 Å². The van der Waals surface area contributed by atoms with Crippen LogP contribution < -0.4 is 4.74 Å². The van der Waals surface area contributed by atoms with Crippen molar-refractivity contribution in [3.05, 3.63) is 45.2 Å². The highest BCUT2D eigenvalue weighted by Gasteiger charge is 2.34. The molecule has 1 atom stereocenters. The molecule has 3 rings (SSSR count). The summed E-state index contributed by atoms with van der Waals surface area (Å²) in [6.07, 6.45) is 0.616. The van der Waals surface area contributed by atoms with E-state index < -0.39 is 17.7 Å². The number of halogens is 1. The maximum Gasteiger partial charge on any atom is 0.340 e. The van der Waals surface area contributed by atoms with Crippen LogP contribution in [0.5, 0.6) is 5.75 Å². The van der Waals surface area contributed by atoms with E-state index in [9.17, 15) is 9.90 Å². The number of pyridine rings is 1. The lowest BCUT2D eigenvalue weighted by molar-refractivity contribution is -0.171. The summed E-state index contributed by atoms with van der Waals surface area (Å²) < 4.78 is 18.2. The zero-order valence-corrected chi connectivity index (χ0v) is 21.2. The van der Waals surface area contributed by atoms with Crippen molar-refractivity contribution in [2.45, 2.75) is 78.8 Å². The highest BCUT2D eigenvalue weighted by Crippen LogP contribution is 2.42. The first-order chi connectivity index (χ1) is 15.0. The zero-order valence-electron chi connectivity index (χ0n) is 19.6. The number of ether oxygens (including phenoxy) is 3. The van der Waals surface area contributed by atoms with Crippen LogP contribution >= 0.6 is 15.9 Å². The molecule has 7 heteroatoms. The molecule has 0 unspecified atom stereocenters. The van der Waals surface area contributed by atoms with Crippen LogP contribution in [0.4, 0.5) is 0 Å². The van der Waals surface area contributed by atoms with E-state index in [0.717, 1.165) is 35.3 Å². The molecule has 0 radical (unpaired) electrons. The van der Waals surface area contributed by atoms with Crippen LogP contribution in [0.1, 0.15) is 69.7 Å². The van der Waals surface area contributed by atoms with Gasteiger partial charge in [0.05, 0.1) is 30.6 Å². The molecule has 0 amide bonds. The summed E-state index contributed by atoms with van der Waals surface area (Å²) in [5, 5.41) is 9.92. The number of nitrogens with zero attached hydrogens (tertiary/aromatic N) is 1. The quantitative estimate of drug-likeness (QED) is 0.526. The number of fused-ring (bicyclic) bond motifs is 1. The van der Waals surface area contributed by atoms with E-state index in [-0.39, 0.29) is 12.7 Å². The summed E-state index contributed by atoms with van der Waals surface area (Å²) in [6, 6.07) is 6.01. The Morgan fingerprint density at radius 3 is 2.66 bits per heavy atom. The number of aryl methyl sites for hydroxylation is 2. The van der Waals surface area contributed by atoms with Gasteiger partial charge in [-0.3, -0.25) is 4.98 Å². The van der Waals surface area contributed by atoms with E-state index in [0.29, 0.717) is 28.0 Å². The van der Waals surface area contributed by atoms with E-state index in [1.807, 2.05) is 53.7 Å². The Hall–Kier alpha value is -1.96. The summed E-state index contributed by atoms with van der Waals surface area (Å²) in [6.45, 7) is 11.6. The molecule has 1 aromatic carbocycles. The normalized spacial score (nSPS) is 14.7.